The Hall–Kier alpha value is -1.27. The van der Waals surface area contributed by atoms with E-state index in [1.165, 1.54) is 22.3 Å². The van der Waals surface area contributed by atoms with Gasteiger partial charge in [0.1, 0.15) is 5.69 Å². The number of halogens is 1. The Labute approximate surface area is 170 Å². The third-order valence-corrected chi connectivity index (χ3v) is 6.90. The molecule has 9 heteroatoms. The second-order valence-corrected chi connectivity index (χ2v) is 9.58. The number of sulfonamides is 1. The molecule has 0 saturated carbocycles. The van der Waals surface area contributed by atoms with Crippen LogP contribution in [0.1, 0.15) is 31.9 Å². The van der Waals surface area contributed by atoms with Gasteiger partial charge >= 0.3 is 5.97 Å². The van der Waals surface area contributed by atoms with E-state index in [0.29, 0.717) is 55.4 Å². The summed E-state index contributed by atoms with van der Waals surface area (Å²) in [5.74, 6) is 6.67. The van der Waals surface area contributed by atoms with Crippen molar-refractivity contribution in [2.75, 3.05) is 31.7 Å². The number of rotatable bonds is 6. The molecule has 148 valence electrons. The minimum absolute atomic E-state index is 0.126. The summed E-state index contributed by atoms with van der Waals surface area (Å²) in [6.45, 7) is 3.13. The summed E-state index contributed by atoms with van der Waals surface area (Å²) in [5.41, 5.74) is 0.503. The van der Waals surface area contributed by atoms with Crippen LogP contribution in [0.15, 0.2) is 17.2 Å². The SMILES string of the molecule is CCOC(=O)CCSc1ccnc(C#CC2CCN(S(C)(=O)=O)CC2)c1Cl. The van der Waals surface area contributed by atoms with Crippen molar-refractivity contribution in [1.29, 1.82) is 0 Å². The molecule has 1 aliphatic heterocycles. The molecule has 0 atom stereocenters. The number of esters is 1. The van der Waals surface area contributed by atoms with Gasteiger partial charge in [-0.15, -0.1) is 11.8 Å². The van der Waals surface area contributed by atoms with Gasteiger partial charge in [-0.2, -0.15) is 0 Å². The van der Waals surface area contributed by atoms with Gasteiger partial charge in [-0.1, -0.05) is 17.5 Å². The number of carbonyl (C=O) groups is 1. The highest BCUT2D eigenvalue weighted by atomic mass is 35.5. The lowest BCUT2D eigenvalue weighted by atomic mass is 9.99. The normalized spacial score (nSPS) is 15.8. The van der Waals surface area contributed by atoms with Crippen molar-refractivity contribution in [2.45, 2.75) is 31.1 Å². The molecule has 1 aromatic heterocycles. The van der Waals surface area contributed by atoms with Gasteiger partial charge in [0.25, 0.3) is 0 Å². The minimum atomic E-state index is -3.13. The van der Waals surface area contributed by atoms with E-state index >= 15 is 0 Å². The molecule has 1 fully saturated rings. The van der Waals surface area contributed by atoms with Crippen molar-refractivity contribution in [2.24, 2.45) is 5.92 Å². The fourth-order valence-electron chi connectivity index (χ4n) is 2.60. The molecule has 0 radical (unpaired) electrons. The zero-order valence-electron chi connectivity index (χ0n) is 15.4. The van der Waals surface area contributed by atoms with E-state index in [-0.39, 0.29) is 11.9 Å². The van der Waals surface area contributed by atoms with E-state index in [1.807, 2.05) is 0 Å². The predicted octanol–water partition coefficient (Wildman–Crippen LogP) is 2.80. The van der Waals surface area contributed by atoms with Crippen molar-refractivity contribution in [3.63, 3.8) is 0 Å². The lowest BCUT2D eigenvalue weighted by molar-refractivity contribution is -0.142. The zero-order valence-corrected chi connectivity index (χ0v) is 17.8. The van der Waals surface area contributed by atoms with Crippen molar-refractivity contribution < 1.29 is 17.9 Å². The number of hydrogen-bond acceptors (Lipinski definition) is 6. The van der Waals surface area contributed by atoms with Crippen LogP contribution in [0.3, 0.4) is 0 Å². The maximum atomic E-state index is 11.6. The third-order valence-electron chi connectivity index (χ3n) is 4.04. The number of pyridine rings is 1. The molecule has 0 bridgehead atoms. The number of nitrogens with zero attached hydrogens (tertiary/aromatic N) is 2. The fraction of sp³-hybridized carbons (Fsp3) is 0.556. The average Bonchev–Trinajstić information content (AvgIpc) is 2.62. The van der Waals surface area contributed by atoms with Crippen molar-refractivity contribution in [1.82, 2.24) is 9.29 Å². The van der Waals surface area contributed by atoms with Gasteiger partial charge in [-0.05, 0) is 31.8 Å². The minimum Gasteiger partial charge on any atom is -0.466 e. The van der Waals surface area contributed by atoms with Crippen molar-refractivity contribution >= 4 is 39.4 Å². The van der Waals surface area contributed by atoms with Crippen LogP contribution >= 0.6 is 23.4 Å². The van der Waals surface area contributed by atoms with Gasteiger partial charge in [-0.25, -0.2) is 17.7 Å². The van der Waals surface area contributed by atoms with Crippen LogP contribution in [0.2, 0.25) is 5.02 Å². The smallest absolute Gasteiger partial charge is 0.306 e. The van der Waals surface area contributed by atoms with Crippen LogP contribution in [-0.2, 0) is 19.6 Å². The highest BCUT2D eigenvalue weighted by molar-refractivity contribution is 7.99. The van der Waals surface area contributed by atoms with E-state index in [0.717, 1.165) is 4.90 Å². The summed E-state index contributed by atoms with van der Waals surface area (Å²) in [6.07, 6.45) is 4.59. The molecule has 1 saturated heterocycles. The fourth-order valence-corrected chi connectivity index (χ4v) is 4.67. The van der Waals surface area contributed by atoms with Crippen molar-refractivity contribution in [3.8, 4) is 11.8 Å². The summed E-state index contributed by atoms with van der Waals surface area (Å²) >= 11 is 7.86. The highest BCUT2D eigenvalue weighted by Crippen LogP contribution is 2.29. The Morgan fingerprint density at radius 2 is 2.15 bits per heavy atom. The predicted molar refractivity (Wildman–Crippen MR) is 107 cm³/mol. The number of aromatic nitrogens is 1. The van der Waals surface area contributed by atoms with Crippen molar-refractivity contribution in [3.05, 3.63) is 23.0 Å². The van der Waals surface area contributed by atoms with Crippen LogP contribution in [0.25, 0.3) is 0 Å². The average molecular weight is 431 g/mol. The van der Waals surface area contributed by atoms with E-state index < -0.39 is 10.0 Å². The van der Waals surface area contributed by atoms with Crippen LogP contribution in [0.5, 0.6) is 0 Å². The molecule has 6 nitrogen and oxygen atoms in total. The van der Waals surface area contributed by atoms with Crippen LogP contribution in [-0.4, -0.2) is 55.4 Å². The molecule has 27 heavy (non-hydrogen) atoms. The molecule has 0 aromatic carbocycles. The van der Waals surface area contributed by atoms with Gasteiger partial charge in [0, 0.05) is 35.9 Å². The third kappa shape index (κ3) is 7.00. The second kappa shape index (κ2) is 10.3. The molecular formula is C18H23ClN2O4S2. The first-order valence-corrected chi connectivity index (χ1v) is 11.9. The van der Waals surface area contributed by atoms with Gasteiger partial charge < -0.3 is 4.74 Å². The summed E-state index contributed by atoms with van der Waals surface area (Å²) in [7, 11) is -3.13. The first-order valence-electron chi connectivity index (χ1n) is 8.70. The Bertz CT molecular complexity index is 825. The first kappa shape index (κ1) is 22.0. The number of thioether (sulfide) groups is 1. The maximum Gasteiger partial charge on any atom is 0.306 e. The van der Waals surface area contributed by atoms with E-state index in [9.17, 15) is 13.2 Å². The molecule has 0 N–H and O–H groups in total. The second-order valence-electron chi connectivity index (χ2n) is 6.08. The standard InChI is InChI=1S/C18H23ClN2O4S2/c1-3-25-17(22)9-13-26-16-6-10-20-15(18(16)19)5-4-14-7-11-21(12-8-14)27(2,23)24/h6,10,14H,3,7-9,11-13H2,1-2H3. The topological polar surface area (TPSA) is 76.6 Å². The summed E-state index contributed by atoms with van der Waals surface area (Å²) < 4.78 is 29.5. The molecule has 2 rings (SSSR count). The molecular weight excluding hydrogens is 408 g/mol. The molecule has 1 aromatic rings. The highest BCUT2D eigenvalue weighted by Gasteiger charge is 2.23. The summed E-state index contributed by atoms with van der Waals surface area (Å²) in [4.78, 5) is 16.5. The first-order chi connectivity index (χ1) is 12.8. The van der Waals surface area contributed by atoms with Gasteiger partial charge in [0.15, 0.2) is 0 Å². The molecule has 2 heterocycles. The number of hydrogen-bond donors (Lipinski definition) is 0. The van der Waals surface area contributed by atoms with Gasteiger partial charge in [0.05, 0.1) is 24.3 Å². The molecule has 0 amide bonds. The quantitative estimate of drug-likeness (QED) is 0.392. The number of carbonyl (C=O) groups excluding carboxylic acids is 1. The zero-order chi connectivity index (χ0) is 19.9. The van der Waals surface area contributed by atoms with Gasteiger partial charge in [0.2, 0.25) is 10.0 Å². The van der Waals surface area contributed by atoms with E-state index in [2.05, 4.69) is 16.8 Å². The Morgan fingerprint density at radius 1 is 1.44 bits per heavy atom. The Morgan fingerprint density at radius 3 is 2.78 bits per heavy atom. The number of piperidine rings is 1. The van der Waals surface area contributed by atoms with E-state index in [4.69, 9.17) is 16.3 Å². The molecule has 0 spiro atoms. The van der Waals surface area contributed by atoms with Crippen LogP contribution < -0.4 is 0 Å². The van der Waals surface area contributed by atoms with E-state index in [1.54, 1.807) is 19.2 Å². The molecule has 0 unspecified atom stereocenters. The largest absolute Gasteiger partial charge is 0.466 e. The van der Waals surface area contributed by atoms with Crippen LogP contribution in [0.4, 0.5) is 0 Å². The monoisotopic (exact) mass is 430 g/mol. The van der Waals surface area contributed by atoms with Crippen LogP contribution in [0, 0.1) is 17.8 Å². The lowest BCUT2D eigenvalue weighted by Gasteiger charge is -2.27. The Kier molecular flexibility index (Phi) is 8.42. The molecule has 0 aliphatic carbocycles. The maximum absolute atomic E-state index is 11.6. The lowest BCUT2D eigenvalue weighted by Crippen LogP contribution is -2.37. The Balaban J connectivity index is 1.95. The van der Waals surface area contributed by atoms with Gasteiger partial charge in [-0.3, -0.25) is 4.79 Å². The summed E-state index contributed by atoms with van der Waals surface area (Å²) in [6, 6.07) is 1.80. The molecule has 1 aliphatic rings. The number of ether oxygens (including phenoxy) is 1. The summed E-state index contributed by atoms with van der Waals surface area (Å²) in [5, 5.41) is 0.479.